The van der Waals surface area contributed by atoms with Crippen LogP contribution in [0.4, 0.5) is 0 Å². The van der Waals surface area contributed by atoms with E-state index < -0.39 is 0 Å². The number of nitrogens with one attached hydrogen (secondary N) is 1. The highest BCUT2D eigenvalue weighted by Gasteiger charge is 2.18. The van der Waals surface area contributed by atoms with E-state index in [0.29, 0.717) is 19.4 Å². The number of ether oxygens (including phenoxy) is 2. The summed E-state index contributed by atoms with van der Waals surface area (Å²) >= 11 is 0. The van der Waals surface area contributed by atoms with Crippen molar-refractivity contribution in [2.24, 2.45) is 5.92 Å². The van der Waals surface area contributed by atoms with Crippen LogP contribution in [0.25, 0.3) is 0 Å². The molecule has 0 aliphatic rings. The Morgan fingerprint density at radius 3 is 2.52 bits per heavy atom. The Balaban J connectivity index is 1.92. The van der Waals surface area contributed by atoms with E-state index in [4.69, 9.17) is 9.47 Å². The van der Waals surface area contributed by atoms with Crippen molar-refractivity contribution in [1.82, 2.24) is 20.3 Å². The van der Waals surface area contributed by atoms with Crippen molar-refractivity contribution in [3.63, 3.8) is 0 Å². The fraction of sp³-hybridized carbons (Fsp3) is 0.500. The van der Waals surface area contributed by atoms with Gasteiger partial charge in [0.25, 0.3) is 0 Å². The van der Waals surface area contributed by atoms with Crippen LogP contribution in [-0.4, -0.2) is 41.2 Å². The Labute approximate surface area is 148 Å². The number of hydrogen-bond donors (Lipinski definition) is 1. The van der Waals surface area contributed by atoms with Gasteiger partial charge in [-0.2, -0.15) is 15.0 Å². The second-order valence-electron chi connectivity index (χ2n) is 6.18. The van der Waals surface area contributed by atoms with Gasteiger partial charge in [0.2, 0.25) is 5.91 Å². The summed E-state index contributed by atoms with van der Waals surface area (Å²) in [5, 5.41) is 11.3. The first-order valence-electron chi connectivity index (χ1n) is 8.37. The standard InChI is InChI=1S/C18H26N4O3/c1-13(2)16(12-22-19-9-10-20-22)21-18(23)8-6-14-5-7-15(24-3)11-17(14)25-4/h5,7,9-11,13,16H,6,8,12H2,1-4H3,(H,21,23). The topological polar surface area (TPSA) is 78.3 Å². The van der Waals surface area contributed by atoms with E-state index >= 15 is 0 Å². The molecule has 0 radical (unpaired) electrons. The molecule has 1 heterocycles. The van der Waals surface area contributed by atoms with Gasteiger partial charge in [0.15, 0.2) is 0 Å². The number of hydrogen-bond acceptors (Lipinski definition) is 5. The molecule has 0 bridgehead atoms. The molecular weight excluding hydrogens is 320 g/mol. The second kappa shape index (κ2) is 9.05. The maximum absolute atomic E-state index is 12.4. The summed E-state index contributed by atoms with van der Waals surface area (Å²) in [6.07, 6.45) is 4.26. The zero-order valence-electron chi connectivity index (χ0n) is 15.2. The highest BCUT2D eigenvalue weighted by Crippen LogP contribution is 2.25. The van der Waals surface area contributed by atoms with Crippen LogP contribution in [0.15, 0.2) is 30.6 Å². The fourth-order valence-electron chi connectivity index (χ4n) is 2.52. The van der Waals surface area contributed by atoms with Gasteiger partial charge in [0.05, 0.1) is 39.2 Å². The largest absolute Gasteiger partial charge is 0.497 e. The average molecular weight is 346 g/mol. The van der Waals surface area contributed by atoms with Gasteiger partial charge in [0.1, 0.15) is 11.5 Å². The number of amides is 1. The number of aromatic nitrogens is 3. The summed E-state index contributed by atoms with van der Waals surface area (Å²) in [5.74, 6) is 1.75. The Bertz CT molecular complexity index is 671. The Morgan fingerprint density at radius 1 is 1.20 bits per heavy atom. The summed E-state index contributed by atoms with van der Waals surface area (Å²) in [6.45, 7) is 4.70. The average Bonchev–Trinajstić information content (AvgIpc) is 3.12. The van der Waals surface area contributed by atoms with Crippen LogP contribution in [0, 0.1) is 5.92 Å². The molecule has 0 aliphatic carbocycles. The van der Waals surface area contributed by atoms with Crippen molar-refractivity contribution < 1.29 is 14.3 Å². The van der Waals surface area contributed by atoms with Gasteiger partial charge in [-0.1, -0.05) is 19.9 Å². The second-order valence-corrected chi connectivity index (χ2v) is 6.18. The molecule has 0 aliphatic heterocycles. The lowest BCUT2D eigenvalue weighted by Crippen LogP contribution is -2.42. The quantitative estimate of drug-likeness (QED) is 0.752. The molecule has 1 aromatic heterocycles. The van der Waals surface area contributed by atoms with Gasteiger partial charge in [0, 0.05) is 12.5 Å². The third-order valence-corrected chi connectivity index (χ3v) is 4.09. The van der Waals surface area contributed by atoms with Gasteiger partial charge in [-0.15, -0.1) is 0 Å². The minimum atomic E-state index is -0.0161. The number of aryl methyl sites for hydroxylation is 1. The first-order valence-corrected chi connectivity index (χ1v) is 8.37. The molecule has 0 saturated carbocycles. The Hall–Kier alpha value is -2.57. The molecule has 0 saturated heterocycles. The van der Waals surface area contributed by atoms with E-state index in [1.165, 1.54) is 0 Å². The monoisotopic (exact) mass is 346 g/mol. The zero-order valence-corrected chi connectivity index (χ0v) is 15.2. The van der Waals surface area contributed by atoms with Gasteiger partial charge in [-0.25, -0.2) is 0 Å². The fourth-order valence-corrected chi connectivity index (χ4v) is 2.52. The van der Waals surface area contributed by atoms with Crippen LogP contribution >= 0.6 is 0 Å². The van der Waals surface area contributed by atoms with Crippen LogP contribution in [0.2, 0.25) is 0 Å². The highest BCUT2D eigenvalue weighted by atomic mass is 16.5. The van der Waals surface area contributed by atoms with Crippen molar-refractivity contribution in [2.75, 3.05) is 14.2 Å². The van der Waals surface area contributed by atoms with E-state index in [1.807, 2.05) is 18.2 Å². The van der Waals surface area contributed by atoms with Crippen molar-refractivity contribution >= 4 is 5.91 Å². The summed E-state index contributed by atoms with van der Waals surface area (Å²) in [4.78, 5) is 14.0. The van der Waals surface area contributed by atoms with E-state index in [0.717, 1.165) is 17.1 Å². The number of rotatable bonds is 9. The molecule has 1 amide bonds. The van der Waals surface area contributed by atoms with Crippen LogP contribution in [-0.2, 0) is 17.8 Å². The normalized spacial score (nSPS) is 12.0. The third-order valence-electron chi connectivity index (χ3n) is 4.09. The third kappa shape index (κ3) is 5.48. The van der Waals surface area contributed by atoms with Gasteiger partial charge >= 0.3 is 0 Å². The smallest absolute Gasteiger partial charge is 0.220 e. The lowest BCUT2D eigenvalue weighted by molar-refractivity contribution is -0.122. The molecule has 2 rings (SSSR count). The zero-order chi connectivity index (χ0) is 18.2. The van der Waals surface area contributed by atoms with Crippen molar-refractivity contribution in [3.8, 4) is 11.5 Å². The molecule has 1 atom stereocenters. The number of benzene rings is 1. The highest BCUT2D eigenvalue weighted by molar-refractivity contribution is 5.76. The lowest BCUT2D eigenvalue weighted by atomic mass is 10.0. The minimum Gasteiger partial charge on any atom is -0.497 e. The predicted molar refractivity (Wildman–Crippen MR) is 94.7 cm³/mol. The molecule has 25 heavy (non-hydrogen) atoms. The summed E-state index contributed by atoms with van der Waals surface area (Å²) in [5.41, 5.74) is 0.980. The first kappa shape index (κ1) is 18.8. The number of carbonyl (C=O) groups excluding carboxylic acids is 1. The molecule has 0 fully saturated rings. The minimum absolute atomic E-state index is 0.00345. The Kier molecular flexibility index (Phi) is 6.80. The molecule has 7 heteroatoms. The molecule has 2 aromatic rings. The number of methoxy groups -OCH3 is 2. The first-order chi connectivity index (χ1) is 12.0. The lowest BCUT2D eigenvalue weighted by Gasteiger charge is -2.22. The summed E-state index contributed by atoms with van der Waals surface area (Å²) in [6, 6.07) is 5.61. The van der Waals surface area contributed by atoms with Crippen LogP contribution in [0.1, 0.15) is 25.8 Å². The predicted octanol–water partition coefficient (Wildman–Crippen LogP) is 2.07. The van der Waals surface area contributed by atoms with E-state index in [-0.39, 0.29) is 17.9 Å². The van der Waals surface area contributed by atoms with E-state index in [1.54, 1.807) is 31.4 Å². The molecule has 1 unspecified atom stereocenters. The van der Waals surface area contributed by atoms with Crippen molar-refractivity contribution in [1.29, 1.82) is 0 Å². The van der Waals surface area contributed by atoms with Crippen LogP contribution in [0.3, 0.4) is 0 Å². The summed E-state index contributed by atoms with van der Waals surface area (Å²) in [7, 11) is 3.23. The molecule has 0 spiro atoms. The molecule has 136 valence electrons. The summed E-state index contributed by atoms with van der Waals surface area (Å²) < 4.78 is 10.6. The van der Waals surface area contributed by atoms with Gasteiger partial charge in [-0.05, 0) is 24.0 Å². The molecule has 7 nitrogen and oxygen atoms in total. The van der Waals surface area contributed by atoms with Crippen molar-refractivity contribution in [2.45, 2.75) is 39.3 Å². The molecule has 1 aromatic carbocycles. The van der Waals surface area contributed by atoms with Crippen LogP contribution < -0.4 is 14.8 Å². The molecule has 1 N–H and O–H groups in total. The maximum Gasteiger partial charge on any atom is 0.220 e. The van der Waals surface area contributed by atoms with Crippen molar-refractivity contribution in [3.05, 3.63) is 36.2 Å². The van der Waals surface area contributed by atoms with Gasteiger partial charge in [-0.3, -0.25) is 4.79 Å². The SMILES string of the molecule is COc1ccc(CCC(=O)NC(Cn2nccn2)C(C)C)c(OC)c1. The maximum atomic E-state index is 12.4. The van der Waals surface area contributed by atoms with Gasteiger partial charge < -0.3 is 14.8 Å². The molecular formula is C18H26N4O3. The van der Waals surface area contributed by atoms with E-state index in [9.17, 15) is 4.79 Å². The Morgan fingerprint density at radius 2 is 1.92 bits per heavy atom. The number of carbonyl (C=O) groups is 1. The number of nitrogens with zero attached hydrogens (tertiary/aromatic N) is 3. The van der Waals surface area contributed by atoms with Crippen LogP contribution in [0.5, 0.6) is 11.5 Å². The van der Waals surface area contributed by atoms with E-state index in [2.05, 4.69) is 29.4 Å².